The molecule has 0 spiro atoms. The molecule has 0 N–H and O–H groups in total. The molecule has 1 aromatic rings. The number of rotatable bonds is 7. The molecule has 23 heavy (non-hydrogen) atoms. The molecule has 2 unspecified atom stereocenters. The average Bonchev–Trinajstić information content (AvgIpc) is 2.54. The molecular weight excluding hydrogens is 306 g/mol. The van der Waals surface area contributed by atoms with Crippen LogP contribution in [0.1, 0.15) is 36.2 Å². The van der Waals surface area contributed by atoms with E-state index in [0.29, 0.717) is 29.0 Å². The molecule has 126 valence electrons. The summed E-state index contributed by atoms with van der Waals surface area (Å²) in [6, 6.07) is 3.32. The number of benzene rings is 1. The topological polar surface area (TPSA) is 97.1 Å². The Morgan fingerprint density at radius 2 is 2.22 bits per heavy atom. The van der Waals surface area contributed by atoms with Crippen LogP contribution in [0.2, 0.25) is 0 Å². The maximum absolute atomic E-state index is 12.2. The molecule has 0 fully saturated rings. The van der Waals surface area contributed by atoms with Crippen molar-refractivity contribution in [2.75, 3.05) is 13.7 Å². The van der Waals surface area contributed by atoms with Crippen LogP contribution in [0.4, 0.5) is 0 Å². The van der Waals surface area contributed by atoms with Crippen LogP contribution in [0.3, 0.4) is 0 Å². The highest BCUT2D eigenvalue weighted by atomic mass is 17.0. The number of carbonyl (C=O) groups is 1. The van der Waals surface area contributed by atoms with E-state index in [0.717, 1.165) is 0 Å². The molecule has 0 bridgehead atoms. The molecule has 0 aliphatic carbocycles. The fourth-order valence-corrected chi connectivity index (χ4v) is 2.32. The van der Waals surface area contributed by atoms with Gasteiger partial charge in [-0.25, -0.2) is 0 Å². The Hall–Kier alpha value is -2.35. The number of nitrogens with zero attached hydrogens (tertiary/aromatic N) is 1. The Morgan fingerprint density at radius 3 is 2.83 bits per heavy atom. The molecule has 8 heteroatoms. The van der Waals surface area contributed by atoms with Gasteiger partial charge in [0, 0.05) is 11.1 Å². The predicted molar refractivity (Wildman–Crippen MR) is 79.2 cm³/mol. The Balaban J connectivity index is 2.32. The number of hydrogen-bond donors (Lipinski definition) is 0. The summed E-state index contributed by atoms with van der Waals surface area (Å²) < 4.78 is 16.6. The molecule has 1 aliphatic heterocycles. The quantitative estimate of drug-likeness (QED) is 0.559. The van der Waals surface area contributed by atoms with E-state index in [1.807, 2.05) is 6.92 Å². The van der Waals surface area contributed by atoms with Crippen molar-refractivity contribution in [3.8, 4) is 11.5 Å². The highest BCUT2D eigenvalue weighted by Gasteiger charge is 2.30. The molecule has 2 rings (SSSR count). The van der Waals surface area contributed by atoms with Gasteiger partial charge in [0.1, 0.15) is 18.8 Å². The second-order valence-corrected chi connectivity index (χ2v) is 5.11. The Kier molecular flexibility index (Phi) is 5.38. The first kappa shape index (κ1) is 17.0. The van der Waals surface area contributed by atoms with Gasteiger partial charge in [-0.1, -0.05) is 6.92 Å². The number of hydrogen-bond acceptors (Lipinski definition) is 7. The van der Waals surface area contributed by atoms with Gasteiger partial charge >= 0.3 is 0 Å². The summed E-state index contributed by atoms with van der Waals surface area (Å²) in [6.07, 6.45) is -0.565. The minimum atomic E-state index is -0.863. The van der Waals surface area contributed by atoms with Gasteiger partial charge in [0.05, 0.1) is 13.7 Å². The molecular formula is C15H19NO7. The van der Waals surface area contributed by atoms with Crippen LogP contribution in [0.25, 0.3) is 0 Å². The summed E-state index contributed by atoms with van der Waals surface area (Å²) in [6.45, 7) is 3.51. The van der Waals surface area contributed by atoms with Crippen molar-refractivity contribution in [1.82, 2.24) is 0 Å². The highest BCUT2D eigenvalue weighted by Crippen LogP contribution is 2.38. The maximum atomic E-state index is 12.2. The highest BCUT2D eigenvalue weighted by molar-refractivity contribution is 6.02. The van der Waals surface area contributed by atoms with E-state index in [2.05, 4.69) is 4.84 Å². The van der Waals surface area contributed by atoms with Gasteiger partial charge in [0.2, 0.25) is 0 Å². The number of carbonyl (C=O) groups excluding carboxylic acids is 1. The molecule has 0 saturated carbocycles. The van der Waals surface area contributed by atoms with Crippen LogP contribution < -0.4 is 9.47 Å². The summed E-state index contributed by atoms with van der Waals surface area (Å²) in [7, 11) is 1.48. The summed E-state index contributed by atoms with van der Waals surface area (Å²) in [4.78, 5) is 26.9. The van der Waals surface area contributed by atoms with Crippen molar-refractivity contribution in [2.45, 2.75) is 39.1 Å². The Morgan fingerprint density at radius 1 is 1.48 bits per heavy atom. The fourth-order valence-electron chi connectivity index (χ4n) is 2.32. The summed E-state index contributed by atoms with van der Waals surface area (Å²) in [5, 5.41) is 9.48. The van der Waals surface area contributed by atoms with Crippen LogP contribution in [-0.4, -0.2) is 36.8 Å². The van der Waals surface area contributed by atoms with Gasteiger partial charge in [-0.2, -0.15) is 0 Å². The molecule has 8 nitrogen and oxygen atoms in total. The van der Waals surface area contributed by atoms with Crippen molar-refractivity contribution >= 4 is 5.78 Å². The first-order valence-electron chi connectivity index (χ1n) is 7.27. The van der Waals surface area contributed by atoms with E-state index >= 15 is 0 Å². The van der Waals surface area contributed by atoms with Crippen molar-refractivity contribution < 1.29 is 28.9 Å². The largest absolute Gasteiger partial charge is 0.493 e. The first-order chi connectivity index (χ1) is 11.0. The standard InChI is InChI=1S/C15H19NO7/c1-4-10(7-22-16(18)19)23-15-12-8-21-9(2)14(17)11(12)5-6-13(15)20-3/h5-6,9-10H,4,7-8H2,1-3H3. The lowest BCUT2D eigenvalue weighted by Gasteiger charge is -2.26. The lowest BCUT2D eigenvalue weighted by Crippen LogP contribution is -2.29. The molecule has 1 aliphatic rings. The Bertz CT molecular complexity index is 602. The predicted octanol–water partition coefficient (Wildman–Crippen LogP) is 2.16. The minimum Gasteiger partial charge on any atom is -0.493 e. The zero-order valence-corrected chi connectivity index (χ0v) is 13.2. The summed E-state index contributed by atoms with van der Waals surface area (Å²) >= 11 is 0. The van der Waals surface area contributed by atoms with E-state index in [-0.39, 0.29) is 19.0 Å². The zero-order chi connectivity index (χ0) is 17.0. The molecule has 1 heterocycles. The third-order valence-electron chi connectivity index (χ3n) is 3.66. The number of methoxy groups -OCH3 is 1. The average molecular weight is 325 g/mol. The maximum Gasteiger partial charge on any atom is 0.294 e. The van der Waals surface area contributed by atoms with Crippen molar-refractivity contribution in [2.24, 2.45) is 0 Å². The molecule has 0 amide bonds. The fraction of sp³-hybridized carbons (Fsp3) is 0.533. The second kappa shape index (κ2) is 7.28. The van der Waals surface area contributed by atoms with Gasteiger partial charge in [-0.05, 0) is 25.5 Å². The molecule has 2 atom stereocenters. The van der Waals surface area contributed by atoms with Crippen LogP contribution in [0, 0.1) is 10.1 Å². The number of fused-ring (bicyclic) bond motifs is 1. The van der Waals surface area contributed by atoms with Crippen molar-refractivity contribution in [3.63, 3.8) is 0 Å². The van der Waals surface area contributed by atoms with Crippen molar-refractivity contribution in [1.29, 1.82) is 0 Å². The van der Waals surface area contributed by atoms with E-state index in [9.17, 15) is 14.9 Å². The molecule has 0 aromatic heterocycles. The van der Waals surface area contributed by atoms with Crippen LogP contribution in [-0.2, 0) is 16.2 Å². The SMILES string of the molecule is CCC(CO[N+](=O)[O-])Oc1c(OC)ccc2c1COC(C)C2=O. The van der Waals surface area contributed by atoms with E-state index < -0.39 is 17.3 Å². The Labute approximate surface area is 133 Å². The molecule has 0 saturated heterocycles. The lowest BCUT2D eigenvalue weighted by atomic mass is 9.97. The first-order valence-corrected chi connectivity index (χ1v) is 7.27. The zero-order valence-electron chi connectivity index (χ0n) is 13.2. The monoisotopic (exact) mass is 325 g/mol. The van der Waals surface area contributed by atoms with E-state index in [1.165, 1.54) is 7.11 Å². The van der Waals surface area contributed by atoms with Gasteiger partial charge < -0.3 is 19.0 Å². The van der Waals surface area contributed by atoms with Gasteiger partial charge in [0.25, 0.3) is 5.09 Å². The lowest BCUT2D eigenvalue weighted by molar-refractivity contribution is -0.759. The van der Waals surface area contributed by atoms with Crippen LogP contribution >= 0.6 is 0 Å². The number of ether oxygens (including phenoxy) is 3. The van der Waals surface area contributed by atoms with Crippen molar-refractivity contribution in [3.05, 3.63) is 33.4 Å². The van der Waals surface area contributed by atoms with Crippen LogP contribution in [0.5, 0.6) is 11.5 Å². The van der Waals surface area contributed by atoms with Gasteiger partial charge in [-0.15, -0.1) is 10.1 Å². The summed E-state index contributed by atoms with van der Waals surface area (Å²) in [5.41, 5.74) is 1.11. The normalized spacial score (nSPS) is 18.0. The number of Topliss-reactive ketones (excluding diaryl/α,β-unsaturated/α-hetero) is 1. The third kappa shape index (κ3) is 3.70. The second-order valence-electron chi connectivity index (χ2n) is 5.11. The van der Waals surface area contributed by atoms with Gasteiger partial charge in [0.15, 0.2) is 17.3 Å². The van der Waals surface area contributed by atoms with E-state index in [4.69, 9.17) is 14.2 Å². The smallest absolute Gasteiger partial charge is 0.294 e. The van der Waals surface area contributed by atoms with Crippen LogP contribution in [0.15, 0.2) is 12.1 Å². The molecule has 0 radical (unpaired) electrons. The van der Waals surface area contributed by atoms with E-state index in [1.54, 1.807) is 19.1 Å². The minimum absolute atomic E-state index is 0.131. The summed E-state index contributed by atoms with van der Waals surface area (Å²) in [5.74, 6) is 0.673. The number of ketones is 1. The molecule has 1 aromatic carbocycles. The van der Waals surface area contributed by atoms with Gasteiger partial charge in [-0.3, -0.25) is 4.79 Å². The third-order valence-corrected chi connectivity index (χ3v) is 3.66.